The minimum absolute atomic E-state index is 0.215. The summed E-state index contributed by atoms with van der Waals surface area (Å²) in [6.07, 6.45) is 1.29. The molecule has 3 aromatic rings. The second-order valence-corrected chi connectivity index (χ2v) is 4.51. The second-order valence-electron chi connectivity index (χ2n) is 4.51. The molecular formula is C13H8BF2N5O. The summed E-state index contributed by atoms with van der Waals surface area (Å²) in [7, 11) is 5.65. The fourth-order valence-corrected chi connectivity index (χ4v) is 1.96. The topological polar surface area (TPSA) is 96.7 Å². The van der Waals surface area contributed by atoms with Crippen molar-refractivity contribution >= 4 is 41.8 Å². The molecule has 0 aliphatic carbocycles. The number of amides is 1. The van der Waals surface area contributed by atoms with E-state index in [2.05, 4.69) is 20.5 Å². The van der Waals surface area contributed by atoms with Gasteiger partial charge in [-0.05, 0) is 23.8 Å². The Morgan fingerprint density at radius 3 is 2.91 bits per heavy atom. The van der Waals surface area contributed by atoms with Crippen LogP contribution >= 0.6 is 0 Å². The zero-order chi connectivity index (χ0) is 15.9. The molecule has 3 rings (SSSR count). The van der Waals surface area contributed by atoms with E-state index >= 15 is 0 Å². The first-order chi connectivity index (χ1) is 10.5. The Kier molecular flexibility index (Phi) is 3.24. The zero-order valence-electron chi connectivity index (χ0n) is 11.0. The third kappa shape index (κ3) is 2.26. The van der Waals surface area contributed by atoms with Gasteiger partial charge < -0.3 is 11.1 Å². The highest BCUT2D eigenvalue weighted by Crippen LogP contribution is 2.20. The minimum Gasteiger partial charge on any atom is -0.396 e. The summed E-state index contributed by atoms with van der Waals surface area (Å²) < 4.78 is 27.5. The summed E-state index contributed by atoms with van der Waals surface area (Å²) in [5, 5.41) is 9.18. The van der Waals surface area contributed by atoms with Gasteiger partial charge in [-0.1, -0.05) is 0 Å². The number of aromatic nitrogens is 3. The maximum absolute atomic E-state index is 13.8. The van der Waals surface area contributed by atoms with E-state index in [0.717, 1.165) is 12.1 Å². The SMILES string of the molecule is [B]c1[nH]nc2ncc(NC(=O)c3c(F)ccc(N)c3F)cc12. The highest BCUT2D eigenvalue weighted by atomic mass is 19.1. The lowest BCUT2D eigenvalue weighted by Crippen LogP contribution is -2.17. The van der Waals surface area contributed by atoms with Crippen molar-refractivity contribution < 1.29 is 13.6 Å². The van der Waals surface area contributed by atoms with Crippen LogP contribution in [0.4, 0.5) is 20.2 Å². The number of hydrogen-bond donors (Lipinski definition) is 3. The summed E-state index contributed by atoms with van der Waals surface area (Å²) in [5.74, 6) is -3.11. The molecule has 4 N–H and O–H groups in total. The maximum Gasteiger partial charge on any atom is 0.261 e. The predicted molar refractivity (Wildman–Crippen MR) is 78.0 cm³/mol. The maximum atomic E-state index is 13.8. The molecule has 9 heteroatoms. The summed E-state index contributed by atoms with van der Waals surface area (Å²) in [6, 6.07) is 3.45. The molecule has 0 fully saturated rings. The summed E-state index contributed by atoms with van der Waals surface area (Å²) in [5.41, 5.74) is 5.09. The number of anilines is 2. The van der Waals surface area contributed by atoms with Gasteiger partial charge in [0.15, 0.2) is 11.5 Å². The molecule has 0 saturated heterocycles. The largest absolute Gasteiger partial charge is 0.396 e. The number of benzene rings is 1. The number of fused-ring (bicyclic) bond motifs is 1. The van der Waals surface area contributed by atoms with E-state index in [4.69, 9.17) is 13.6 Å². The molecule has 0 unspecified atom stereocenters. The Hall–Kier alpha value is -2.97. The van der Waals surface area contributed by atoms with Gasteiger partial charge in [0.1, 0.15) is 19.2 Å². The molecule has 1 amide bonds. The first kappa shape index (κ1) is 14.0. The Morgan fingerprint density at radius 2 is 2.14 bits per heavy atom. The molecule has 108 valence electrons. The monoisotopic (exact) mass is 299 g/mol. The van der Waals surface area contributed by atoms with Crippen LogP contribution in [0, 0.1) is 11.6 Å². The van der Waals surface area contributed by atoms with Crippen LogP contribution in [0.5, 0.6) is 0 Å². The molecule has 0 saturated carbocycles. The van der Waals surface area contributed by atoms with Gasteiger partial charge in [-0.15, -0.1) is 0 Å². The fraction of sp³-hybridized carbons (Fsp3) is 0. The molecule has 0 spiro atoms. The van der Waals surface area contributed by atoms with Crippen molar-refractivity contribution in [3.63, 3.8) is 0 Å². The molecule has 0 aliphatic heterocycles. The molecule has 0 atom stereocenters. The number of aromatic amines is 1. The number of nitrogens with one attached hydrogen (secondary N) is 2. The molecular weight excluding hydrogens is 291 g/mol. The van der Waals surface area contributed by atoms with Crippen LogP contribution in [-0.2, 0) is 0 Å². The molecule has 0 aliphatic rings. The molecule has 1 aromatic carbocycles. The molecule has 2 aromatic heterocycles. The van der Waals surface area contributed by atoms with Crippen molar-refractivity contribution in [3.05, 3.63) is 41.6 Å². The number of nitrogens with two attached hydrogens (primary N) is 1. The van der Waals surface area contributed by atoms with Gasteiger partial charge in [0.05, 0.1) is 17.6 Å². The summed E-state index contributed by atoms with van der Waals surface area (Å²) >= 11 is 0. The number of pyridine rings is 1. The van der Waals surface area contributed by atoms with E-state index < -0.39 is 23.1 Å². The smallest absolute Gasteiger partial charge is 0.261 e. The minimum atomic E-state index is -1.12. The van der Waals surface area contributed by atoms with Gasteiger partial charge in [-0.25, -0.2) is 13.8 Å². The summed E-state index contributed by atoms with van der Waals surface area (Å²) in [4.78, 5) is 16.0. The van der Waals surface area contributed by atoms with E-state index in [0.29, 0.717) is 11.0 Å². The van der Waals surface area contributed by atoms with E-state index in [1.54, 1.807) is 0 Å². The molecule has 2 heterocycles. The Labute approximate surface area is 124 Å². The van der Waals surface area contributed by atoms with Gasteiger partial charge >= 0.3 is 0 Å². The molecule has 22 heavy (non-hydrogen) atoms. The third-order valence-corrected chi connectivity index (χ3v) is 3.05. The van der Waals surface area contributed by atoms with E-state index in [1.165, 1.54) is 12.3 Å². The van der Waals surface area contributed by atoms with Crippen molar-refractivity contribution in [2.45, 2.75) is 0 Å². The Bertz CT molecular complexity index is 896. The van der Waals surface area contributed by atoms with E-state index in [-0.39, 0.29) is 17.0 Å². The average molecular weight is 299 g/mol. The number of halogens is 2. The molecule has 6 nitrogen and oxygen atoms in total. The van der Waals surface area contributed by atoms with Crippen LogP contribution in [0.25, 0.3) is 11.0 Å². The van der Waals surface area contributed by atoms with Crippen LogP contribution in [0.3, 0.4) is 0 Å². The fourth-order valence-electron chi connectivity index (χ4n) is 1.96. The molecule has 0 bridgehead atoms. The zero-order valence-corrected chi connectivity index (χ0v) is 11.0. The predicted octanol–water partition coefficient (Wildman–Crippen LogP) is 0.864. The van der Waals surface area contributed by atoms with Gasteiger partial charge in [-0.2, -0.15) is 5.10 Å². The van der Waals surface area contributed by atoms with Crippen LogP contribution in [0.2, 0.25) is 0 Å². The van der Waals surface area contributed by atoms with Gasteiger partial charge in [0.25, 0.3) is 5.91 Å². The van der Waals surface area contributed by atoms with Crippen molar-refractivity contribution in [2.75, 3.05) is 11.1 Å². The Morgan fingerprint density at radius 1 is 1.36 bits per heavy atom. The molecule has 2 radical (unpaired) electrons. The number of nitrogen functional groups attached to an aromatic ring is 1. The van der Waals surface area contributed by atoms with Gasteiger partial charge in [0, 0.05) is 5.39 Å². The van der Waals surface area contributed by atoms with Crippen molar-refractivity contribution in [1.82, 2.24) is 15.2 Å². The second kappa shape index (κ2) is 5.10. The number of rotatable bonds is 2. The van der Waals surface area contributed by atoms with E-state index in [1.807, 2.05) is 0 Å². The first-order valence-corrected chi connectivity index (χ1v) is 6.12. The Balaban J connectivity index is 1.96. The van der Waals surface area contributed by atoms with E-state index in [9.17, 15) is 13.6 Å². The normalized spacial score (nSPS) is 10.8. The standard InChI is InChI=1S/C13H8BF2N5O/c14-11-6-3-5(4-18-12(6)21-20-11)19-13(22)9-7(15)1-2-8(17)10(9)16/h1-4H,17H2,(H,19,22)(H,18,20,21). The van der Waals surface area contributed by atoms with Crippen LogP contribution < -0.4 is 16.6 Å². The van der Waals surface area contributed by atoms with Gasteiger partial charge in [0.2, 0.25) is 0 Å². The quantitative estimate of drug-likeness (QED) is 0.483. The van der Waals surface area contributed by atoms with Crippen molar-refractivity contribution in [3.8, 4) is 0 Å². The first-order valence-electron chi connectivity index (χ1n) is 6.12. The highest BCUT2D eigenvalue weighted by molar-refractivity contribution is 6.37. The van der Waals surface area contributed by atoms with Crippen LogP contribution in [0.1, 0.15) is 10.4 Å². The van der Waals surface area contributed by atoms with Gasteiger partial charge in [-0.3, -0.25) is 9.89 Å². The van der Waals surface area contributed by atoms with Crippen LogP contribution in [-0.4, -0.2) is 28.9 Å². The summed E-state index contributed by atoms with van der Waals surface area (Å²) in [6.45, 7) is 0. The van der Waals surface area contributed by atoms with Crippen molar-refractivity contribution in [1.29, 1.82) is 0 Å². The van der Waals surface area contributed by atoms with Crippen molar-refractivity contribution in [2.24, 2.45) is 0 Å². The number of hydrogen-bond acceptors (Lipinski definition) is 4. The number of carbonyl (C=O) groups is 1. The third-order valence-electron chi connectivity index (χ3n) is 3.05. The highest BCUT2D eigenvalue weighted by Gasteiger charge is 2.20. The number of H-pyrrole nitrogens is 1. The lowest BCUT2D eigenvalue weighted by atomic mass is 10.0. The average Bonchev–Trinajstić information content (AvgIpc) is 2.85. The number of nitrogens with zero attached hydrogens (tertiary/aromatic N) is 2. The lowest BCUT2D eigenvalue weighted by molar-refractivity contribution is 0.101. The lowest BCUT2D eigenvalue weighted by Gasteiger charge is -2.08. The van der Waals surface area contributed by atoms with Crippen LogP contribution in [0.15, 0.2) is 24.4 Å². The number of carbonyl (C=O) groups excluding carboxylic acids is 1.